The van der Waals surface area contributed by atoms with E-state index < -0.39 is 11.8 Å². The minimum absolute atomic E-state index is 0.385. The minimum atomic E-state index is -0.715. The van der Waals surface area contributed by atoms with Crippen LogP contribution in [-0.2, 0) is 16.0 Å². The lowest BCUT2D eigenvalue weighted by molar-refractivity contribution is -0.143. The van der Waals surface area contributed by atoms with Crippen LogP contribution >= 0.6 is 0 Å². The summed E-state index contributed by atoms with van der Waals surface area (Å²) in [6, 6.07) is 8.76. The summed E-state index contributed by atoms with van der Waals surface area (Å²) in [7, 11) is 3.02. The van der Waals surface area contributed by atoms with Gasteiger partial charge in [0.25, 0.3) is 0 Å². The van der Waals surface area contributed by atoms with Gasteiger partial charge in [0, 0.05) is 31.5 Å². The molecule has 0 saturated heterocycles. The van der Waals surface area contributed by atoms with E-state index in [1.165, 1.54) is 19.1 Å². The number of nitrogens with one attached hydrogen (secondary N) is 1. The summed E-state index contributed by atoms with van der Waals surface area (Å²) < 4.78 is 10.4. The Kier molecular flexibility index (Phi) is 6.96. The van der Waals surface area contributed by atoms with Crippen molar-refractivity contribution in [3.63, 3.8) is 0 Å². The van der Waals surface area contributed by atoms with Crippen molar-refractivity contribution in [2.75, 3.05) is 32.6 Å². The standard InChI is InChI=1S/C19H23N3O4/c1-4-22(12-9-14-7-10-20-11-8-14)19(24)18(23)21-16-13-15(25-2)5-6-17(16)26-3/h5-8,10-11,13H,4,9,12H2,1-3H3,(H,21,23). The van der Waals surface area contributed by atoms with Gasteiger partial charge in [-0.15, -0.1) is 0 Å². The van der Waals surface area contributed by atoms with Gasteiger partial charge >= 0.3 is 11.8 Å². The van der Waals surface area contributed by atoms with Crippen molar-refractivity contribution in [1.29, 1.82) is 0 Å². The fourth-order valence-electron chi connectivity index (χ4n) is 2.45. The Labute approximate surface area is 152 Å². The third kappa shape index (κ3) is 4.95. The van der Waals surface area contributed by atoms with Gasteiger partial charge in [0.2, 0.25) is 0 Å². The smallest absolute Gasteiger partial charge is 0.314 e. The lowest BCUT2D eigenvalue weighted by Gasteiger charge is -2.20. The van der Waals surface area contributed by atoms with Crippen LogP contribution in [0.1, 0.15) is 12.5 Å². The molecule has 7 nitrogen and oxygen atoms in total. The van der Waals surface area contributed by atoms with Crippen molar-refractivity contribution >= 4 is 17.5 Å². The summed E-state index contributed by atoms with van der Waals surface area (Å²) in [4.78, 5) is 30.3. The number of rotatable bonds is 7. The van der Waals surface area contributed by atoms with Gasteiger partial charge in [-0.1, -0.05) is 0 Å². The predicted molar refractivity (Wildman–Crippen MR) is 98.4 cm³/mol. The van der Waals surface area contributed by atoms with Gasteiger partial charge < -0.3 is 19.7 Å². The quantitative estimate of drug-likeness (QED) is 0.768. The Hall–Kier alpha value is -3.09. The van der Waals surface area contributed by atoms with Crippen LogP contribution in [0.2, 0.25) is 0 Å². The van der Waals surface area contributed by atoms with E-state index in [2.05, 4.69) is 10.3 Å². The van der Waals surface area contributed by atoms with Gasteiger partial charge in [-0.2, -0.15) is 0 Å². The summed E-state index contributed by atoms with van der Waals surface area (Å²) in [6.45, 7) is 2.72. The van der Waals surface area contributed by atoms with Crippen molar-refractivity contribution < 1.29 is 19.1 Å². The van der Waals surface area contributed by atoms with Crippen molar-refractivity contribution in [3.05, 3.63) is 48.3 Å². The maximum Gasteiger partial charge on any atom is 0.314 e. The van der Waals surface area contributed by atoms with E-state index in [-0.39, 0.29) is 0 Å². The molecule has 1 aromatic carbocycles. The van der Waals surface area contributed by atoms with Gasteiger partial charge in [0.15, 0.2) is 0 Å². The summed E-state index contributed by atoms with van der Waals surface area (Å²) >= 11 is 0. The van der Waals surface area contributed by atoms with Gasteiger partial charge in [-0.25, -0.2) is 0 Å². The van der Waals surface area contributed by atoms with E-state index in [9.17, 15) is 9.59 Å². The highest BCUT2D eigenvalue weighted by atomic mass is 16.5. The Morgan fingerprint density at radius 2 is 1.85 bits per heavy atom. The maximum absolute atomic E-state index is 12.5. The van der Waals surface area contributed by atoms with Gasteiger partial charge in [0.05, 0.1) is 19.9 Å². The van der Waals surface area contributed by atoms with Crippen LogP contribution in [0.3, 0.4) is 0 Å². The first-order valence-corrected chi connectivity index (χ1v) is 8.30. The van der Waals surface area contributed by atoms with Crippen molar-refractivity contribution in [2.45, 2.75) is 13.3 Å². The van der Waals surface area contributed by atoms with Crippen LogP contribution in [0, 0.1) is 0 Å². The normalized spacial score (nSPS) is 10.1. The molecule has 0 bridgehead atoms. The molecule has 2 amide bonds. The number of nitrogens with zero attached hydrogens (tertiary/aromatic N) is 2. The molecule has 138 valence electrons. The molecule has 0 aliphatic heterocycles. The number of carbonyl (C=O) groups is 2. The van der Waals surface area contributed by atoms with Gasteiger partial charge in [0.1, 0.15) is 11.5 Å². The Balaban J connectivity index is 2.04. The lowest BCUT2D eigenvalue weighted by Crippen LogP contribution is -2.40. The topological polar surface area (TPSA) is 80.8 Å². The first-order valence-electron chi connectivity index (χ1n) is 8.30. The number of ether oxygens (including phenoxy) is 2. The highest BCUT2D eigenvalue weighted by molar-refractivity contribution is 6.39. The predicted octanol–water partition coefficient (Wildman–Crippen LogP) is 2.13. The molecule has 0 radical (unpaired) electrons. The van der Waals surface area contributed by atoms with Crippen molar-refractivity contribution in [2.24, 2.45) is 0 Å². The molecule has 2 rings (SSSR count). The van der Waals surface area contributed by atoms with Crippen LogP contribution in [0.5, 0.6) is 11.5 Å². The number of hydrogen-bond donors (Lipinski definition) is 1. The molecule has 0 atom stereocenters. The van der Waals surface area contributed by atoms with Crippen LogP contribution in [0.25, 0.3) is 0 Å². The van der Waals surface area contributed by atoms with Gasteiger partial charge in [-0.3, -0.25) is 14.6 Å². The number of hydrogen-bond acceptors (Lipinski definition) is 5. The number of amides is 2. The summed E-state index contributed by atoms with van der Waals surface area (Å²) in [5.41, 5.74) is 1.44. The van der Waals surface area contributed by atoms with Crippen LogP contribution < -0.4 is 14.8 Å². The first kappa shape index (κ1) is 19.2. The van der Waals surface area contributed by atoms with E-state index in [0.717, 1.165) is 5.56 Å². The average molecular weight is 357 g/mol. The first-order chi connectivity index (χ1) is 12.6. The molecule has 0 fully saturated rings. The maximum atomic E-state index is 12.5. The summed E-state index contributed by atoms with van der Waals surface area (Å²) in [6.07, 6.45) is 4.06. The zero-order valence-electron chi connectivity index (χ0n) is 15.2. The molecular weight excluding hydrogens is 334 g/mol. The number of methoxy groups -OCH3 is 2. The van der Waals surface area contributed by atoms with E-state index in [1.54, 1.807) is 30.6 Å². The van der Waals surface area contributed by atoms with E-state index >= 15 is 0 Å². The number of carbonyl (C=O) groups excluding carboxylic acids is 2. The summed E-state index contributed by atoms with van der Waals surface area (Å²) in [5, 5.41) is 2.60. The molecule has 7 heteroatoms. The largest absolute Gasteiger partial charge is 0.497 e. The summed E-state index contributed by atoms with van der Waals surface area (Å²) in [5.74, 6) is -0.301. The molecular formula is C19H23N3O4. The molecule has 1 aromatic heterocycles. The molecule has 2 aromatic rings. The third-order valence-corrected chi connectivity index (χ3v) is 3.94. The second-order valence-corrected chi connectivity index (χ2v) is 5.51. The van der Waals surface area contributed by atoms with Gasteiger partial charge in [-0.05, 0) is 43.2 Å². The molecule has 0 aliphatic rings. The fourth-order valence-corrected chi connectivity index (χ4v) is 2.45. The number of benzene rings is 1. The Morgan fingerprint density at radius 1 is 1.12 bits per heavy atom. The monoisotopic (exact) mass is 357 g/mol. The van der Waals surface area contributed by atoms with Crippen molar-refractivity contribution in [3.8, 4) is 11.5 Å². The molecule has 26 heavy (non-hydrogen) atoms. The Morgan fingerprint density at radius 3 is 2.46 bits per heavy atom. The number of aromatic nitrogens is 1. The van der Waals surface area contributed by atoms with Crippen LogP contribution in [0.4, 0.5) is 5.69 Å². The lowest BCUT2D eigenvalue weighted by atomic mass is 10.2. The zero-order chi connectivity index (χ0) is 18.9. The highest BCUT2D eigenvalue weighted by Gasteiger charge is 2.22. The number of likely N-dealkylation sites (N-methyl/N-ethyl adjacent to an activating group) is 1. The van der Waals surface area contributed by atoms with E-state index in [1.807, 2.05) is 19.1 Å². The SMILES string of the molecule is CCN(CCc1ccncc1)C(=O)C(=O)Nc1cc(OC)ccc1OC. The minimum Gasteiger partial charge on any atom is -0.497 e. The highest BCUT2D eigenvalue weighted by Crippen LogP contribution is 2.28. The molecule has 0 aliphatic carbocycles. The third-order valence-electron chi connectivity index (χ3n) is 3.94. The number of pyridine rings is 1. The molecule has 0 saturated carbocycles. The van der Waals surface area contributed by atoms with Crippen LogP contribution in [0.15, 0.2) is 42.7 Å². The molecule has 0 spiro atoms. The second-order valence-electron chi connectivity index (χ2n) is 5.51. The molecule has 0 unspecified atom stereocenters. The zero-order valence-corrected chi connectivity index (χ0v) is 15.2. The average Bonchev–Trinajstić information content (AvgIpc) is 2.68. The Bertz CT molecular complexity index is 750. The second kappa shape index (κ2) is 9.41. The van der Waals surface area contributed by atoms with Crippen molar-refractivity contribution in [1.82, 2.24) is 9.88 Å². The fraction of sp³-hybridized carbons (Fsp3) is 0.316. The van der Waals surface area contributed by atoms with Crippen LogP contribution in [-0.4, -0.2) is 49.0 Å². The molecule has 1 heterocycles. The number of anilines is 1. The van der Waals surface area contributed by atoms with E-state index in [4.69, 9.17) is 9.47 Å². The molecule has 1 N–H and O–H groups in total. The van der Waals surface area contributed by atoms with E-state index in [0.29, 0.717) is 36.7 Å².